The molecule has 1 fully saturated rings. The Labute approximate surface area is 165 Å². The zero-order valence-corrected chi connectivity index (χ0v) is 17.0. The van der Waals surface area contributed by atoms with E-state index in [9.17, 15) is 14.4 Å². The second kappa shape index (κ2) is 9.43. The lowest BCUT2D eigenvalue weighted by Gasteiger charge is -2.35. The van der Waals surface area contributed by atoms with Gasteiger partial charge in [0, 0.05) is 44.7 Å². The van der Waals surface area contributed by atoms with Gasteiger partial charge in [0.25, 0.3) is 5.91 Å². The Balaban J connectivity index is 1.74. The van der Waals surface area contributed by atoms with E-state index in [0.29, 0.717) is 37.5 Å². The summed E-state index contributed by atoms with van der Waals surface area (Å²) in [6.45, 7) is 7.49. The summed E-state index contributed by atoms with van der Waals surface area (Å²) in [6, 6.07) is 6.98. The van der Waals surface area contributed by atoms with Crippen molar-refractivity contribution in [2.75, 3.05) is 39.8 Å². The maximum atomic E-state index is 12.6. The van der Waals surface area contributed by atoms with E-state index < -0.39 is 11.7 Å². The Morgan fingerprint density at radius 2 is 1.57 bits per heavy atom. The van der Waals surface area contributed by atoms with E-state index in [1.54, 1.807) is 61.9 Å². The molecule has 0 radical (unpaired) electrons. The minimum Gasteiger partial charge on any atom is -0.497 e. The number of hydrogen-bond acceptors (Lipinski definition) is 5. The standard InChI is InChI=1S/C20H29N3O5/c1-20(2,3)28-19(26)21-10-9-17(24)22-11-13-23(14-12-22)18(25)15-5-7-16(27-4)8-6-15/h5-8H,9-14H2,1-4H3,(H,21,26). The van der Waals surface area contributed by atoms with Gasteiger partial charge >= 0.3 is 6.09 Å². The number of amides is 3. The van der Waals surface area contributed by atoms with E-state index in [4.69, 9.17) is 9.47 Å². The van der Waals surface area contributed by atoms with E-state index in [0.717, 1.165) is 0 Å². The quantitative estimate of drug-likeness (QED) is 0.828. The summed E-state index contributed by atoms with van der Waals surface area (Å²) in [5.41, 5.74) is 0.0306. The number of methoxy groups -OCH3 is 1. The van der Waals surface area contributed by atoms with Gasteiger partial charge in [-0.2, -0.15) is 0 Å². The molecule has 3 amide bonds. The van der Waals surface area contributed by atoms with Crippen molar-refractivity contribution in [3.05, 3.63) is 29.8 Å². The summed E-state index contributed by atoms with van der Waals surface area (Å²) in [4.78, 5) is 39.9. The molecule has 0 atom stereocenters. The first-order valence-electron chi connectivity index (χ1n) is 9.37. The van der Waals surface area contributed by atoms with E-state index >= 15 is 0 Å². The van der Waals surface area contributed by atoms with Crippen LogP contribution in [0, 0.1) is 0 Å². The van der Waals surface area contributed by atoms with Gasteiger partial charge in [-0.05, 0) is 45.0 Å². The van der Waals surface area contributed by atoms with Gasteiger partial charge in [-0.1, -0.05) is 0 Å². The van der Waals surface area contributed by atoms with E-state index in [1.165, 1.54) is 0 Å². The number of hydrogen-bond donors (Lipinski definition) is 1. The maximum Gasteiger partial charge on any atom is 0.407 e. The van der Waals surface area contributed by atoms with Crippen LogP contribution in [0.25, 0.3) is 0 Å². The molecule has 154 valence electrons. The van der Waals surface area contributed by atoms with Gasteiger partial charge in [-0.15, -0.1) is 0 Å². The Bertz CT molecular complexity index is 689. The molecule has 28 heavy (non-hydrogen) atoms. The third-order valence-corrected chi connectivity index (χ3v) is 4.26. The van der Waals surface area contributed by atoms with Crippen LogP contribution in [0.2, 0.25) is 0 Å². The molecule has 8 heteroatoms. The number of alkyl carbamates (subject to hydrolysis) is 1. The molecule has 0 aliphatic carbocycles. The maximum absolute atomic E-state index is 12.6. The van der Waals surface area contributed by atoms with Gasteiger partial charge in [0.15, 0.2) is 0 Å². The van der Waals surface area contributed by atoms with Gasteiger partial charge in [-0.25, -0.2) is 4.79 Å². The number of nitrogens with zero attached hydrogens (tertiary/aromatic N) is 2. The number of nitrogens with one attached hydrogen (secondary N) is 1. The van der Waals surface area contributed by atoms with Crippen molar-refractivity contribution >= 4 is 17.9 Å². The van der Waals surface area contributed by atoms with Crippen LogP contribution in [-0.2, 0) is 9.53 Å². The molecule has 0 unspecified atom stereocenters. The van der Waals surface area contributed by atoms with Crippen molar-refractivity contribution in [2.24, 2.45) is 0 Å². The average molecular weight is 391 g/mol. The second-order valence-corrected chi connectivity index (χ2v) is 7.58. The zero-order chi connectivity index (χ0) is 20.7. The third kappa shape index (κ3) is 6.44. The normalized spacial score (nSPS) is 14.4. The lowest BCUT2D eigenvalue weighted by atomic mass is 10.1. The van der Waals surface area contributed by atoms with Crippen LogP contribution in [-0.4, -0.2) is 73.1 Å². The highest BCUT2D eigenvalue weighted by molar-refractivity contribution is 5.94. The number of carbonyl (C=O) groups excluding carboxylic acids is 3. The van der Waals surface area contributed by atoms with Crippen molar-refractivity contribution in [2.45, 2.75) is 32.8 Å². The number of ether oxygens (including phenoxy) is 2. The largest absolute Gasteiger partial charge is 0.497 e. The number of benzene rings is 1. The van der Waals surface area contributed by atoms with Crippen LogP contribution in [0.15, 0.2) is 24.3 Å². The summed E-state index contributed by atoms with van der Waals surface area (Å²) >= 11 is 0. The molecule has 0 saturated carbocycles. The molecule has 1 saturated heterocycles. The van der Waals surface area contributed by atoms with Gasteiger partial charge in [0.1, 0.15) is 11.4 Å². The number of piperazine rings is 1. The Morgan fingerprint density at radius 1 is 1.00 bits per heavy atom. The summed E-state index contributed by atoms with van der Waals surface area (Å²) in [5, 5.41) is 2.58. The highest BCUT2D eigenvalue weighted by Crippen LogP contribution is 2.14. The SMILES string of the molecule is COc1ccc(C(=O)N2CCN(C(=O)CCNC(=O)OC(C)(C)C)CC2)cc1. The van der Waals surface area contributed by atoms with Crippen LogP contribution >= 0.6 is 0 Å². The summed E-state index contributed by atoms with van der Waals surface area (Å²) in [5.74, 6) is 0.598. The average Bonchev–Trinajstić information content (AvgIpc) is 2.66. The summed E-state index contributed by atoms with van der Waals surface area (Å²) < 4.78 is 10.2. The van der Waals surface area contributed by atoms with Crippen molar-refractivity contribution in [3.63, 3.8) is 0 Å². The van der Waals surface area contributed by atoms with Crippen LogP contribution in [0.1, 0.15) is 37.6 Å². The van der Waals surface area contributed by atoms with E-state index in [1.807, 2.05) is 0 Å². The fourth-order valence-electron chi connectivity index (χ4n) is 2.82. The molecular formula is C20H29N3O5. The molecular weight excluding hydrogens is 362 g/mol. The minimum absolute atomic E-state index is 0.0485. The molecule has 2 rings (SSSR count). The fourth-order valence-corrected chi connectivity index (χ4v) is 2.82. The fraction of sp³-hybridized carbons (Fsp3) is 0.550. The van der Waals surface area contributed by atoms with Crippen LogP contribution < -0.4 is 10.1 Å². The van der Waals surface area contributed by atoms with Crippen molar-refractivity contribution in [1.82, 2.24) is 15.1 Å². The highest BCUT2D eigenvalue weighted by atomic mass is 16.6. The van der Waals surface area contributed by atoms with Crippen LogP contribution in [0.5, 0.6) is 5.75 Å². The first kappa shape index (κ1) is 21.5. The molecule has 1 aliphatic rings. The first-order valence-corrected chi connectivity index (χ1v) is 9.37. The highest BCUT2D eigenvalue weighted by Gasteiger charge is 2.25. The molecule has 1 aliphatic heterocycles. The molecule has 1 aromatic carbocycles. The summed E-state index contributed by atoms with van der Waals surface area (Å²) in [6.07, 6.45) is -0.332. The van der Waals surface area contributed by atoms with Gasteiger partial charge in [0.05, 0.1) is 7.11 Å². The molecule has 0 spiro atoms. The lowest BCUT2D eigenvalue weighted by molar-refractivity contribution is -0.132. The van der Waals surface area contributed by atoms with Crippen molar-refractivity contribution in [1.29, 1.82) is 0 Å². The van der Waals surface area contributed by atoms with Crippen molar-refractivity contribution < 1.29 is 23.9 Å². The molecule has 8 nitrogen and oxygen atoms in total. The molecule has 1 heterocycles. The lowest BCUT2D eigenvalue weighted by Crippen LogP contribution is -2.51. The third-order valence-electron chi connectivity index (χ3n) is 4.26. The minimum atomic E-state index is -0.569. The molecule has 1 aromatic rings. The monoisotopic (exact) mass is 391 g/mol. The predicted octanol–water partition coefficient (Wildman–Crippen LogP) is 1.89. The Morgan fingerprint density at radius 3 is 2.11 bits per heavy atom. The van der Waals surface area contributed by atoms with Gasteiger partial charge in [-0.3, -0.25) is 9.59 Å². The topological polar surface area (TPSA) is 88.2 Å². The van der Waals surface area contributed by atoms with Crippen LogP contribution in [0.3, 0.4) is 0 Å². The van der Waals surface area contributed by atoms with Gasteiger partial charge in [0.2, 0.25) is 5.91 Å². The molecule has 1 N–H and O–H groups in total. The first-order chi connectivity index (χ1) is 13.2. The van der Waals surface area contributed by atoms with Crippen LogP contribution in [0.4, 0.5) is 4.79 Å². The van der Waals surface area contributed by atoms with Crippen molar-refractivity contribution in [3.8, 4) is 5.75 Å². The molecule has 0 aromatic heterocycles. The predicted molar refractivity (Wildman–Crippen MR) is 104 cm³/mol. The van der Waals surface area contributed by atoms with E-state index in [-0.39, 0.29) is 24.8 Å². The number of rotatable bonds is 5. The zero-order valence-electron chi connectivity index (χ0n) is 17.0. The van der Waals surface area contributed by atoms with E-state index in [2.05, 4.69) is 5.32 Å². The number of carbonyl (C=O) groups is 3. The second-order valence-electron chi connectivity index (χ2n) is 7.58. The Kier molecular flexibility index (Phi) is 7.25. The smallest absolute Gasteiger partial charge is 0.407 e. The summed E-state index contributed by atoms with van der Waals surface area (Å²) in [7, 11) is 1.58. The molecule has 0 bridgehead atoms. The van der Waals surface area contributed by atoms with Gasteiger partial charge < -0.3 is 24.6 Å². The Hall–Kier alpha value is -2.77.